The van der Waals surface area contributed by atoms with Gasteiger partial charge in [-0.1, -0.05) is 6.92 Å². The number of hydrogen-bond donors (Lipinski definition) is 1. The van der Waals surface area contributed by atoms with E-state index in [1.807, 2.05) is 6.92 Å². The average molecular weight is 291 g/mol. The van der Waals surface area contributed by atoms with Crippen molar-refractivity contribution in [1.82, 2.24) is 14.8 Å². The molecule has 0 saturated heterocycles. The van der Waals surface area contributed by atoms with E-state index in [4.69, 9.17) is 9.47 Å². The van der Waals surface area contributed by atoms with E-state index in [1.165, 1.54) is 19.5 Å². The Hall–Kier alpha value is -2.57. The number of carboxylic acids is 1. The van der Waals surface area contributed by atoms with Crippen LogP contribution in [0.4, 0.5) is 0 Å². The second-order valence-corrected chi connectivity index (χ2v) is 4.36. The van der Waals surface area contributed by atoms with Crippen molar-refractivity contribution in [2.45, 2.75) is 26.5 Å². The lowest BCUT2D eigenvalue weighted by molar-refractivity contribution is 0.0691. The van der Waals surface area contributed by atoms with Crippen molar-refractivity contribution in [2.24, 2.45) is 0 Å². The lowest BCUT2D eigenvalue weighted by Gasteiger charge is -2.11. The Bertz CT molecular complexity index is 624. The number of aromatic nitrogens is 3. The summed E-state index contributed by atoms with van der Waals surface area (Å²) in [4.78, 5) is 15.3. The molecule has 0 bridgehead atoms. The average Bonchev–Trinajstić information content (AvgIpc) is 2.92. The third-order valence-electron chi connectivity index (χ3n) is 2.91. The van der Waals surface area contributed by atoms with Gasteiger partial charge in [-0.05, 0) is 18.6 Å². The number of hydrogen-bond acceptors (Lipinski definition) is 5. The molecule has 1 aromatic carbocycles. The van der Waals surface area contributed by atoms with Gasteiger partial charge in [-0.2, -0.15) is 5.10 Å². The number of carboxylic acid groups (broad SMARTS) is 1. The first-order chi connectivity index (χ1) is 10.2. The number of rotatable bonds is 7. The van der Waals surface area contributed by atoms with E-state index in [-0.39, 0.29) is 17.9 Å². The highest BCUT2D eigenvalue weighted by Gasteiger charge is 2.14. The van der Waals surface area contributed by atoms with Gasteiger partial charge in [-0.25, -0.2) is 14.5 Å². The molecular weight excluding hydrogens is 274 g/mol. The van der Waals surface area contributed by atoms with E-state index >= 15 is 0 Å². The van der Waals surface area contributed by atoms with Crippen LogP contribution in [0.3, 0.4) is 0 Å². The summed E-state index contributed by atoms with van der Waals surface area (Å²) in [6, 6.07) is 4.58. The molecule has 1 aromatic heterocycles. The number of methoxy groups -OCH3 is 1. The van der Waals surface area contributed by atoms with Crippen LogP contribution in [0.5, 0.6) is 11.5 Å². The molecule has 2 rings (SSSR count). The minimum atomic E-state index is -1.05. The highest BCUT2D eigenvalue weighted by atomic mass is 16.5. The molecule has 0 radical (unpaired) electrons. The second-order valence-electron chi connectivity index (χ2n) is 4.36. The minimum Gasteiger partial charge on any atom is -0.497 e. The molecule has 0 spiro atoms. The predicted octanol–water partition coefficient (Wildman–Crippen LogP) is 1.97. The van der Waals surface area contributed by atoms with E-state index in [0.29, 0.717) is 11.6 Å². The second kappa shape index (κ2) is 6.74. The number of nitrogens with zero attached hydrogens (tertiary/aromatic N) is 3. The number of ether oxygens (including phenoxy) is 2. The van der Waals surface area contributed by atoms with Crippen molar-refractivity contribution in [2.75, 3.05) is 7.11 Å². The van der Waals surface area contributed by atoms with Gasteiger partial charge in [0.05, 0.1) is 7.11 Å². The van der Waals surface area contributed by atoms with Gasteiger partial charge in [0.15, 0.2) is 5.82 Å². The molecule has 7 nitrogen and oxygen atoms in total. The third-order valence-corrected chi connectivity index (χ3v) is 2.91. The highest BCUT2D eigenvalue weighted by molar-refractivity contribution is 5.91. The lowest BCUT2D eigenvalue weighted by Crippen LogP contribution is -2.10. The molecule has 21 heavy (non-hydrogen) atoms. The Morgan fingerprint density at radius 1 is 1.43 bits per heavy atom. The smallest absolute Gasteiger partial charge is 0.339 e. The molecule has 7 heteroatoms. The molecular formula is C14H17N3O4. The lowest BCUT2D eigenvalue weighted by atomic mass is 10.2. The molecule has 0 atom stereocenters. The molecule has 112 valence electrons. The van der Waals surface area contributed by atoms with Crippen molar-refractivity contribution in [1.29, 1.82) is 0 Å². The van der Waals surface area contributed by atoms with Gasteiger partial charge in [0.2, 0.25) is 0 Å². The Morgan fingerprint density at radius 2 is 2.24 bits per heavy atom. The van der Waals surface area contributed by atoms with E-state index < -0.39 is 5.97 Å². The van der Waals surface area contributed by atoms with Crippen LogP contribution < -0.4 is 9.47 Å². The van der Waals surface area contributed by atoms with Crippen molar-refractivity contribution in [3.63, 3.8) is 0 Å². The van der Waals surface area contributed by atoms with Crippen molar-refractivity contribution >= 4 is 5.97 Å². The normalized spacial score (nSPS) is 10.4. The minimum absolute atomic E-state index is 0.0809. The third kappa shape index (κ3) is 3.50. The summed E-state index contributed by atoms with van der Waals surface area (Å²) in [7, 11) is 1.51. The van der Waals surface area contributed by atoms with E-state index in [1.54, 1.807) is 16.8 Å². The van der Waals surface area contributed by atoms with Crippen LogP contribution in [0, 0.1) is 0 Å². The molecule has 2 aromatic rings. The molecule has 1 N–H and O–H groups in total. The Balaban J connectivity index is 2.18. The van der Waals surface area contributed by atoms with Crippen LogP contribution in [0.15, 0.2) is 24.5 Å². The summed E-state index contributed by atoms with van der Waals surface area (Å²) in [5.74, 6) is 0.372. The molecule has 0 aliphatic carbocycles. The van der Waals surface area contributed by atoms with Gasteiger partial charge in [0.25, 0.3) is 0 Å². The van der Waals surface area contributed by atoms with E-state index in [9.17, 15) is 9.90 Å². The highest BCUT2D eigenvalue weighted by Crippen LogP contribution is 2.25. The van der Waals surface area contributed by atoms with Crippen molar-refractivity contribution in [3.05, 3.63) is 35.9 Å². The maximum Gasteiger partial charge on any atom is 0.339 e. The predicted molar refractivity (Wildman–Crippen MR) is 74.6 cm³/mol. The SMILES string of the molecule is CCCn1ncnc1COc1cc(OC)ccc1C(=O)O. The number of aryl methyl sites for hydroxylation is 1. The van der Waals surface area contributed by atoms with Gasteiger partial charge in [0, 0.05) is 12.6 Å². The maximum atomic E-state index is 11.2. The van der Waals surface area contributed by atoms with E-state index in [2.05, 4.69) is 10.1 Å². The quantitative estimate of drug-likeness (QED) is 0.839. The zero-order valence-electron chi connectivity index (χ0n) is 11.9. The van der Waals surface area contributed by atoms with Crippen molar-refractivity contribution in [3.8, 4) is 11.5 Å². The molecule has 1 heterocycles. The summed E-state index contributed by atoms with van der Waals surface area (Å²) < 4.78 is 12.4. The molecule has 0 saturated carbocycles. The monoisotopic (exact) mass is 291 g/mol. The summed E-state index contributed by atoms with van der Waals surface area (Å²) in [5.41, 5.74) is 0.0809. The van der Waals surface area contributed by atoms with Crippen LogP contribution >= 0.6 is 0 Å². The van der Waals surface area contributed by atoms with Crippen LogP contribution in [0.2, 0.25) is 0 Å². The Labute approximate surface area is 122 Å². The molecule has 0 amide bonds. The summed E-state index contributed by atoms with van der Waals surface area (Å²) in [6.45, 7) is 2.92. The van der Waals surface area contributed by atoms with Crippen LogP contribution in [0.25, 0.3) is 0 Å². The zero-order chi connectivity index (χ0) is 15.2. The van der Waals surface area contributed by atoms with Gasteiger partial charge >= 0.3 is 5.97 Å². The van der Waals surface area contributed by atoms with Gasteiger partial charge in [-0.15, -0.1) is 0 Å². The van der Waals surface area contributed by atoms with E-state index in [0.717, 1.165) is 13.0 Å². The summed E-state index contributed by atoms with van der Waals surface area (Å²) in [5, 5.41) is 13.3. The first-order valence-electron chi connectivity index (χ1n) is 6.56. The summed E-state index contributed by atoms with van der Waals surface area (Å²) >= 11 is 0. The number of benzene rings is 1. The van der Waals surface area contributed by atoms with Gasteiger partial charge in [-0.3, -0.25) is 0 Å². The molecule has 0 aliphatic heterocycles. The fourth-order valence-electron chi connectivity index (χ4n) is 1.87. The first kappa shape index (κ1) is 14.8. The molecule has 0 aliphatic rings. The molecule has 0 unspecified atom stereocenters. The van der Waals surface area contributed by atoms with Gasteiger partial charge in [0.1, 0.15) is 30.0 Å². The number of aromatic carboxylic acids is 1. The number of carbonyl (C=O) groups is 1. The van der Waals surface area contributed by atoms with Crippen molar-refractivity contribution < 1.29 is 19.4 Å². The van der Waals surface area contributed by atoms with Gasteiger partial charge < -0.3 is 14.6 Å². The Kier molecular flexibility index (Phi) is 4.76. The maximum absolute atomic E-state index is 11.2. The fourth-order valence-corrected chi connectivity index (χ4v) is 1.87. The fraction of sp³-hybridized carbons (Fsp3) is 0.357. The molecule has 0 fully saturated rings. The summed E-state index contributed by atoms with van der Waals surface area (Å²) in [6.07, 6.45) is 2.38. The van der Waals surface area contributed by atoms with Crippen LogP contribution in [-0.2, 0) is 13.2 Å². The zero-order valence-corrected chi connectivity index (χ0v) is 11.9. The van der Waals surface area contributed by atoms with Crippen LogP contribution in [0.1, 0.15) is 29.5 Å². The largest absolute Gasteiger partial charge is 0.497 e. The Morgan fingerprint density at radius 3 is 2.90 bits per heavy atom. The first-order valence-corrected chi connectivity index (χ1v) is 6.56. The topological polar surface area (TPSA) is 86.5 Å². The van der Waals surface area contributed by atoms with Crippen LogP contribution in [-0.4, -0.2) is 33.0 Å². The standard InChI is InChI=1S/C14H17N3O4/c1-3-6-17-13(15-9-16-17)8-21-12-7-10(20-2)4-5-11(12)14(18)19/h4-5,7,9H,3,6,8H2,1-2H3,(H,18,19).